The highest BCUT2D eigenvalue weighted by molar-refractivity contribution is 9.10. The Balaban J connectivity index is 1.65. The summed E-state index contributed by atoms with van der Waals surface area (Å²) in [6.45, 7) is 3.91. The van der Waals surface area contributed by atoms with Crippen LogP contribution in [0.4, 0.5) is 5.69 Å². The molecule has 0 aliphatic carbocycles. The highest BCUT2D eigenvalue weighted by Crippen LogP contribution is 2.45. The quantitative estimate of drug-likeness (QED) is 0.250. The molecule has 182 valence electrons. The van der Waals surface area contributed by atoms with E-state index in [1.807, 2.05) is 79.7 Å². The minimum absolute atomic E-state index is 0.189. The van der Waals surface area contributed by atoms with Crippen molar-refractivity contribution in [2.75, 3.05) is 10.7 Å². The number of halogens is 1. The van der Waals surface area contributed by atoms with Crippen molar-refractivity contribution in [3.05, 3.63) is 88.4 Å². The van der Waals surface area contributed by atoms with Crippen LogP contribution in [0.2, 0.25) is 0 Å². The molecular formula is C27H23BrN4O3S. The number of thioether (sulfide) groups is 1. The maximum atomic E-state index is 13.1. The maximum absolute atomic E-state index is 13.1. The fraction of sp³-hybridized carbons (Fsp3) is 0.185. The number of para-hydroxylation sites is 1. The van der Waals surface area contributed by atoms with Crippen molar-refractivity contribution in [3.63, 3.8) is 0 Å². The van der Waals surface area contributed by atoms with Crippen LogP contribution in [-0.4, -0.2) is 26.8 Å². The molecule has 1 aromatic heterocycles. The molecule has 0 bridgehead atoms. The van der Waals surface area contributed by atoms with Gasteiger partial charge in [0.15, 0.2) is 5.69 Å². The van der Waals surface area contributed by atoms with Crippen molar-refractivity contribution in [2.24, 2.45) is 0 Å². The minimum Gasteiger partial charge on any atom is -0.488 e. The highest BCUT2D eigenvalue weighted by Gasteiger charge is 2.36. The van der Waals surface area contributed by atoms with Crippen LogP contribution < -0.4 is 14.4 Å². The number of benzene rings is 3. The van der Waals surface area contributed by atoms with E-state index in [2.05, 4.69) is 31.1 Å². The van der Waals surface area contributed by atoms with Crippen molar-refractivity contribution < 1.29 is 14.3 Å². The molecule has 36 heavy (non-hydrogen) atoms. The number of hydrogen-bond donors (Lipinski definition) is 0. The third kappa shape index (κ3) is 4.94. The number of carbonyl (C=O) groups excluding carboxylic acids is 1. The molecule has 0 saturated carbocycles. The van der Waals surface area contributed by atoms with Gasteiger partial charge in [0.2, 0.25) is 23.2 Å². The number of amides is 1. The predicted octanol–water partition coefficient (Wildman–Crippen LogP) is 6.44. The summed E-state index contributed by atoms with van der Waals surface area (Å²) in [5, 5.41) is 9.22. The number of rotatable bonds is 6. The molecule has 1 atom stereocenters. The second-order valence-electron chi connectivity index (χ2n) is 8.01. The van der Waals surface area contributed by atoms with Crippen LogP contribution in [0.3, 0.4) is 0 Å². The van der Waals surface area contributed by atoms with Crippen molar-refractivity contribution in [1.29, 1.82) is 0 Å². The SMILES string of the molecule is CCSc1nnc2c(n1)OC(c1cc(Br)ccc1OCc1ccccc1)N(C(C)=O)c1ccccc1-2. The number of hydrogen-bond acceptors (Lipinski definition) is 7. The van der Waals surface area contributed by atoms with Crippen molar-refractivity contribution in [2.45, 2.75) is 31.8 Å². The van der Waals surface area contributed by atoms with E-state index in [0.717, 1.165) is 21.4 Å². The molecule has 2 heterocycles. The van der Waals surface area contributed by atoms with E-state index in [9.17, 15) is 4.79 Å². The van der Waals surface area contributed by atoms with Crippen LogP contribution in [0, 0.1) is 0 Å². The van der Waals surface area contributed by atoms with Crippen molar-refractivity contribution in [3.8, 4) is 22.9 Å². The zero-order valence-corrected chi connectivity index (χ0v) is 22.1. The van der Waals surface area contributed by atoms with Gasteiger partial charge in [-0.3, -0.25) is 9.69 Å². The van der Waals surface area contributed by atoms with Gasteiger partial charge in [-0.2, -0.15) is 4.98 Å². The van der Waals surface area contributed by atoms with Crippen LogP contribution in [0.15, 0.2) is 82.4 Å². The van der Waals surface area contributed by atoms with Gasteiger partial charge >= 0.3 is 0 Å². The standard InChI is InChI=1S/C27H23BrN4O3S/c1-3-36-27-29-25-24(30-31-27)20-11-7-8-12-22(20)32(17(2)33)26(35-25)21-15-19(28)13-14-23(21)34-16-18-9-5-4-6-10-18/h4-15,26H,3,16H2,1-2H3. The number of ether oxygens (including phenoxy) is 2. The third-order valence-corrected chi connectivity index (χ3v) is 6.81. The van der Waals surface area contributed by atoms with Gasteiger partial charge in [0.05, 0.1) is 11.3 Å². The molecule has 7 nitrogen and oxygen atoms in total. The number of carbonyl (C=O) groups is 1. The van der Waals surface area contributed by atoms with Crippen LogP contribution in [0.5, 0.6) is 11.6 Å². The third-order valence-electron chi connectivity index (χ3n) is 5.60. The number of fused-ring (bicyclic) bond motifs is 3. The Kier molecular flexibility index (Phi) is 7.20. The van der Waals surface area contributed by atoms with Crippen molar-refractivity contribution in [1.82, 2.24) is 15.2 Å². The fourth-order valence-electron chi connectivity index (χ4n) is 4.02. The molecule has 0 spiro atoms. The second kappa shape index (κ2) is 10.7. The molecule has 5 rings (SSSR count). The van der Waals surface area contributed by atoms with Gasteiger partial charge in [0.1, 0.15) is 12.4 Å². The summed E-state index contributed by atoms with van der Waals surface area (Å²) in [4.78, 5) is 19.4. The summed E-state index contributed by atoms with van der Waals surface area (Å²) in [6, 6.07) is 23.2. The Morgan fingerprint density at radius 1 is 1.08 bits per heavy atom. The normalized spacial score (nSPS) is 14.3. The lowest BCUT2D eigenvalue weighted by Gasteiger charge is -2.31. The summed E-state index contributed by atoms with van der Waals surface area (Å²) in [5.74, 6) is 1.52. The van der Waals surface area contributed by atoms with Crippen LogP contribution in [-0.2, 0) is 11.4 Å². The Morgan fingerprint density at radius 3 is 2.64 bits per heavy atom. The average Bonchev–Trinajstić information content (AvgIpc) is 3.03. The number of nitrogens with zero attached hydrogens (tertiary/aromatic N) is 4. The Hall–Kier alpha value is -3.43. The van der Waals surface area contributed by atoms with Gasteiger partial charge in [-0.25, -0.2) is 0 Å². The van der Waals surface area contributed by atoms with Gasteiger partial charge < -0.3 is 9.47 Å². The number of aromatic nitrogens is 3. The van der Waals surface area contributed by atoms with Gasteiger partial charge in [-0.05, 0) is 35.6 Å². The second-order valence-corrected chi connectivity index (χ2v) is 10.2. The first-order chi connectivity index (χ1) is 17.5. The lowest BCUT2D eigenvalue weighted by molar-refractivity contribution is -0.118. The zero-order chi connectivity index (χ0) is 25.1. The molecule has 1 amide bonds. The van der Waals surface area contributed by atoms with Crippen LogP contribution in [0.1, 0.15) is 31.2 Å². The van der Waals surface area contributed by atoms with Gasteiger partial charge in [-0.1, -0.05) is 83.1 Å². The molecule has 1 aliphatic rings. The summed E-state index contributed by atoms with van der Waals surface area (Å²) >= 11 is 5.05. The monoisotopic (exact) mass is 562 g/mol. The molecule has 0 radical (unpaired) electrons. The number of anilines is 1. The predicted molar refractivity (Wildman–Crippen MR) is 143 cm³/mol. The molecule has 0 saturated heterocycles. The molecule has 1 unspecified atom stereocenters. The molecule has 1 aliphatic heterocycles. The molecule has 4 aromatic rings. The topological polar surface area (TPSA) is 77.4 Å². The zero-order valence-electron chi connectivity index (χ0n) is 19.7. The van der Waals surface area contributed by atoms with E-state index in [1.54, 1.807) is 4.90 Å². The smallest absolute Gasteiger partial charge is 0.247 e. The van der Waals surface area contributed by atoms with Crippen LogP contribution in [0.25, 0.3) is 11.3 Å². The summed E-state index contributed by atoms with van der Waals surface area (Å²) in [5.41, 5.74) is 3.59. The van der Waals surface area contributed by atoms with Gasteiger partial charge in [0, 0.05) is 17.0 Å². The Morgan fingerprint density at radius 2 is 1.86 bits per heavy atom. The first kappa shape index (κ1) is 24.3. The highest BCUT2D eigenvalue weighted by atomic mass is 79.9. The molecule has 0 fully saturated rings. The van der Waals surface area contributed by atoms with E-state index in [0.29, 0.717) is 40.3 Å². The first-order valence-electron chi connectivity index (χ1n) is 11.4. The van der Waals surface area contributed by atoms with E-state index in [-0.39, 0.29) is 5.91 Å². The average molecular weight is 563 g/mol. The van der Waals surface area contributed by atoms with E-state index in [1.165, 1.54) is 18.7 Å². The van der Waals surface area contributed by atoms with Gasteiger partial charge in [0.25, 0.3) is 0 Å². The first-order valence-corrected chi connectivity index (χ1v) is 13.2. The lowest BCUT2D eigenvalue weighted by Crippen LogP contribution is -2.36. The van der Waals surface area contributed by atoms with Crippen LogP contribution >= 0.6 is 27.7 Å². The van der Waals surface area contributed by atoms with E-state index >= 15 is 0 Å². The van der Waals surface area contributed by atoms with Gasteiger partial charge in [-0.15, -0.1) is 10.2 Å². The summed E-state index contributed by atoms with van der Waals surface area (Å²) in [7, 11) is 0. The Bertz CT molecular complexity index is 1400. The largest absolute Gasteiger partial charge is 0.488 e. The minimum atomic E-state index is -0.843. The lowest BCUT2D eigenvalue weighted by atomic mass is 10.1. The molecule has 9 heteroatoms. The Labute approximate surface area is 222 Å². The summed E-state index contributed by atoms with van der Waals surface area (Å²) < 4.78 is 13.6. The molecular weight excluding hydrogens is 540 g/mol. The molecule has 0 N–H and O–H groups in total. The summed E-state index contributed by atoms with van der Waals surface area (Å²) in [6.07, 6.45) is -0.843. The van der Waals surface area contributed by atoms with E-state index < -0.39 is 6.23 Å². The van der Waals surface area contributed by atoms with Crippen molar-refractivity contribution >= 4 is 39.3 Å². The fourth-order valence-corrected chi connectivity index (χ4v) is 4.91. The molecule has 3 aromatic carbocycles. The maximum Gasteiger partial charge on any atom is 0.247 e. The van der Waals surface area contributed by atoms with E-state index in [4.69, 9.17) is 9.47 Å².